The molecule has 1 unspecified atom stereocenters. The maximum absolute atomic E-state index is 5.26. The molecular weight excluding hydrogens is 196 g/mol. The fourth-order valence-electron chi connectivity index (χ4n) is 2.81. The molecule has 0 spiro atoms. The summed E-state index contributed by atoms with van der Waals surface area (Å²) >= 11 is 0. The Balaban J connectivity index is 1.65. The third-order valence-corrected chi connectivity index (χ3v) is 3.92. The summed E-state index contributed by atoms with van der Waals surface area (Å²) in [5.41, 5.74) is 2.99. The summed E-state index contributed by atoms with van der Waals surface area (Å²) in [5, 5.41) is 0. The SMILES string of the molecule is c1cc(C2CCCCC2)ccc1CC1CO1. The highest BCUT2D eigenvalue weighted by molar-refractivity contribution is 5.26. The Morgan fingerprint density at radius 2 is 1.69 bits per heavy atom. The lowest BCUT2D eigenvalue weighted by Crippen LogP contribution is -2.04. The molecule has 16 heavy (non-hydrogen) atoms. The Hall–Kier alpha value is -0.820. The lowest BCUT2D eigenvalue weighted by Gasteiger charge is -2.22. The predicted molar refractivity (Wildman–Crippen MR) is 65.7 cm³/mol. The van der Waals surface area contributed by atoms with Crippen LogP contribution in [-0.2, 0) is 11.2 Å². The van der Waals surface area contributed by atoms with Crippen LogP contribution in [0.3, 0.4) is 0 Å². The van der Waals surface area contributed by atoms with Crippen LogP contribution in [0.1, 0.15) is 49.1 Å². The van der Waals surface area contributed by atoms with Crippen molar-refractivity contribution in [3.05, 3.63) is 35.4 Å². The van der Waals surface area contributed by atoms with Crippen molar-refractivity contribution in [2.45, 2.75) is 50.5 Å². The predicted octanol–water partition coefficient (Wildman–Crippen LogP) is 3.68. The molecule has 1 aliphatic carbocycles. The maximum atomic E-state index is 5.26. The summed E-state index contributed by atoms with van der Waals surface area (Å²) in [4.78, 5) is 0. The molecule has 1 heteroatoms. The van der Waals surface area contributed by atoms with Gasteiger partial charge in [0.2, 0.25) is 0 Å². The van der Waals surface area contributed by atoms with Crippen LogP contribution in [0.2, 0.25) is 0 Å². The summed E-state index contributed by atoms with van der Waals surface area (Å²) in [6, 6.07) is 9.28. The third kappa shape index (κ3) is 2.46. The first kappa shape index (κ1) is 10.3. The fourth-order valence-corrected chi connectivity index (χ4v) is 2.81. The van der Waals surface area contributed by atoms with E-state index >= 15 is 0 Å². The second-order valence-corrected chi connectivity index (χ2v) is 5.24. The number of ether oxygens (including phenoxy) is 1. The average Bonchev–Trinajstić information content (AvgIpc) is 3.15. The maximum Gasteiger partial charge on any atom is 0.0850 e. The zero-order chi connectivity index (χ0) is 10.8. The molecule has 1 aliphatic heterocycles. The number of hydrogen-bond acceptors (Lipinski definition) is 1. The van der Waals surface area contributed by atoms with Gasteiger partial charge in [0.1, 0.15) is 0 Å². The van der Waals surface area contributed by atoms with Gasteiger partial charge in [-0.1, -0.05) is 43.5 Å². The Labute approximate surface area is 97.8 Å². The van der Waals surface area contributed by atoms with Crippen LogP contribution in [0.25, 0.3) is 0 Å². The van der Waals surface area contributed by atoms with E-state index in [2.05, 4.69) is 24.3 Å². The van der Waals surface area contributed by atoms with Gasteiger partial charge in [0.15, 0.2) is 0 Å². The van der Waals surface area contributed by atoms with E-state index in [1.54, 1.807) is 5.56 Å². The van der Waals surface area contributed by atoms with Crippen molar-refractivity contribution >= 4 is 0 Å². The summed E-state index contributed by atoms with van der Waals surface area (Å²) in [6.07, 6.45) is 8.68. The van der Waals surface area contributed by atoms with E-state index < -0.39 is 0 Å². The van der Waals surface area contributed by atoms with Gasteiger partial charge < -0.3 is 4.74 Å². The minimum absolute atomic E-state index is 0.514. The quantitative estimate of drug-likeness (QED) is 0.702. The Morgan fingerprint density at radius 3 is 2.31 bits per heavy atom. The topological polar surface area (TPSA) is 12.5 Å². The van der Waals surface area contributed by atoms with Crippen molar-refractivity contribution < 1.29 is 4.74 Å². The van der Waals surface area contributed by atoms with E-state index in [4.69, 9.17) is 4.74 Å². The summed E-state index contributed by atoms with van der Waals surface area (Å²) < 4.78 is 5.26. The van der Waals surface area contributed by atoms with Gasteiger partial charge in [-0.2, -0.15) is 0 Å². The first-order valence-electron chi connectivity index (χ1n) is 6.62. The van der Waals surface area contributed by atoms with Crippen LogP contribution in [0, 0.1) is 0 Å². The molecule has 0 N–H and O–H groups in total. The molecule has 1 aromatic rings. The van der Waals surface area contributed by atoms with E-state index in [-0.39, 0.29) is 0 Å². The van der Waals surface area contributed by atoms with E-state index in [9.17, 15) is 0 Å². The van der Waals surface area contributed by atoms with Crippen LogP contribution in [-0.4, -0.2) is 12.7 Å². The van der Waals surface area contributed by atoms with Gasteiger partial charge >= 0.3 is 0 Å². The molecule has 1 heterocycles. The Morgan fingerprint density at radius 1 is 1.00 bits per heavy atom. The van der Waals surface area contributed by atoms with Crippen molar-refractivity contribution in [3.63, 3.8) is 0 Å². The summed E-state index contributed by atoms with van der Waals surface area (Å²) in [6.45, 7) is 0.963. The zero-order valence-corrected chi connectivity index (χ0v) is 9.82. The first-order valence-corrected chi connectivity index (χ1v) is 6.62. The van der Waals surface area contributed by atoms with Crippen LogP contribution >= 0.6 is 0 Å². The van der Waals surface area contributed by atoms with E-state index in [1.807, 2.05) is 0 Å². The lowest BCUT2D eigenvalue weighted by molar-refractivity contribution is 0.407. The molecule has 2 fully saturated rings. The van der Waals surface area contributed by atoms with Crippen molar-refractivity contribution in [2.24, 2.45) is 0 Å². The largest absolute Gasteiger partial charge is 0.373 e. The zero-order valence-electron chi connectivity index (χ0n) is 9.82. The molecule has 86 valence electrons. The number of hydrogen-bond donors (Lipinski definition) is 0. The normalized spacial score (nSPS) is 25.6. The van der Waals surface area contributed by atoms with Gasteiger partial charge in [-0.15, -0.1) is 0 Å². The van der Waals surface area contributed by atoms with Crippen LogP contribution in [0.5, 0.6) is 0 Å². The molecule has 3 rings (SSSR count). The molecular formula is C15H20O. The Kier molecular flexibility index (Phi) is 2.96. The molecule has 1 nitrogen and oxygen atoms in total. The van der Waals surface area contributed by atoms with Gasteiger partial charge in [0.25, 0.3) is 0 Å². The second kappa shape index (κ2) is 4.58. The van der Waals surface area contributed by atoms with Gasteiger partial charge in [-0.25, -0.2) is 0 Å². The van der Waals surface area contributed by atoms with E-state index in [0.717, 1.165) is 18.9 Å². The second-order valence-electron chi connectivity index (χ2n) is 5.24. The molecule has 0 amide bonds. The molecule has 0 aromatic heterocycles. The molecule has 1 saturated carbocycles. The Bertz CT molecular complexity index is 331. The number of rotatable bonds is 3. The number of benzene rings is 1. The van der Waals surface area contributed by atoms with Crippen molar-refractivity contribution in [1.29, 1.82) is 0 Å². The lowest BCUT2D eigenvalue weighted by atomic mass is 9.84. The first-order chi connectivity index (χ1) is 7.92. The molecule has 2 aliphatic rings. The van der Waals surface area contributed by atoms with Gasteiger partial charge in [0.05, 0.1) is 12.7 Å². The van der Waals surface area contributed by atoms with Gasteiger partial charge in [0, 0.05) is 6.42 Å². The third-order valence-electron chi connectivity index (χ3n) is 3.92. The summed E-state index contributed by atoms with van der Waals surface area (Å²) in [7, 11) is 0. The fraction of sp³-hybridized carbons (Fsp3) is 0.600. The average molecular weight is 216 g/mol. The minimum atomic E-state index is 0.514. The molecule has 0 radical (unpaired) electrons. The van der Waals surface area contributed by atoms with Crippen LogP contribution < -0.4 is 0 Å². The number of epoxide rings is 1. The molecule has 1 saturated heterocycles. The van der Waals surface area contributed by atoms with Crippen LogP contribution in [0.4, 0.5) is 0 Å². The smallest absolute Gasteiger partial charge is 0.0850 e. The van der Waals surface area contributed by atoms with Gasteiger partial charge in [-0.3, -0.25) is 0 Å². The monoisotopic (exact) mass is 216 g/mol. The van der Waals surface area contributed by atoms with Crippen LogP contribution in [0.15, 0.2) is 24.3 Å². The van der Waals surface area contributed by atoms with E-state index in [0.29, 0.717) is 6.10 Å². The van der Waals surface area contributed by atoms with Crippen molar-refractivity contribution in [2.75, 3.05) is 6.61 Å². The molecule has 1 aromatic carbocycles. The summed E-state index contributed by atoms with van der Waals surface area (Å²) in [5.74, 6) is 0.833. The highest BCUT2D eigenvalue weighted by Gasteiger charge is 2.22. The minimum Gasteiger partial charge on any atom is -0.373 e. The standard InChI is InChI=1S/C15H20O/c1-2-4-13(5-3-1)14-8-6-12(7-9-14)10-15-11-16-15/h6-9,13,15H,1-5,10-11H2. The van der Waals surface area contributed by atoms with Crippen molar-refractivity contribution in [1.82, 2.24) is 0 Å². The molecule has 0 bridgehead atoms. The van der Waals surface area contributed by atoms with Crippen molar-refractivity contribution in [3.8, 4) is 0 Å². The van der Waals surface area contributed by atoms with Gasteiger partial charge in [-0.05, 0) is 29.9 Å². The van der Waals surface area contributed by atoms with E-state index in [1.165, 1.54) is 37.7 Å². The highest BCUT2D eigenvalue weighted by atomic mass is 16.6. The highest BCUT2D eigenvalue weighted by Crippen LogP contribution is 2.32. The molecule has 1 atom stereocenters.